The molecule has 2 rings (SSSR count). The highest BCUT2D eigenvalue weighted by atomic mass is 79.9. The van der Waals surface area contributed by atoms with Crippen molar-refractivity contribution in [1.82, 2.24) is 5.32 Å². The van der Waals surface area contributed by atoms with Crippen LogP contribution in [0.25, 0.3) is 0 Å². The van der Waals surface area contributed by atoms with Gasteiger partial charge in [-0.2, -0.15) is 0 Å². The third-order valence-corrected chi connectivity index (χ3v) is 4.91. The van der Waals surface area contributed by atoms with E-state index < -0.39 is 11.4 Å². The van der Waals surface area contributed by atoms with Crippen LogP contribution in [-0.4, -0.2) is 36.7 Å². The van der Waals surface area contributed by atoms with E-state index in [-0.39, 0.29) is 12.5 Å². The van der Waals surface area contributed by atoms with E-state index in [0.29, 0.717) is 41.1 Å². The summed E-state index contributed by atoms with van der Waals surface area (Å²) < 4.78 is 5.90. The average Bonchev–Trinajstić information content (AvgIpc) is 2.48. The highest BCUT2D eigenvalue weighted by Gasteiger charge is 2.40. The van der Waals surface area contributed by atoms with Gasteiger partial charge >= 0.3 is 5.97 Å². The first-order valence-corrected chi connectivity index (χ1v) is 7.66. The second-order valence-electron chi connectivity index (χ2n) is 5.01. The maximum Gasteiger partial charge on any atom is 0.311 e. The van der Waals surface area contributed by atoms with Gasteiger partial charge in [0.1, 0.15) is 0 Å². The predicted molar refractivity (Wildman–Crippen MR) is 81.6 cm³/mol. The van der Waals surface area contributed by atoms with Crippen LogP contribution in [0.3, 0.4) is 0 Å². The van der Waals surface area contributed by atoms with Crippen molar-refractivity contribution in [3.05, 3.63) is 33.3 Å². The fourth-order valence-electron chi connectivity index (χ4n) is 2.22. The van der Waals surface area contributed by atoms with E-state index in [1.807, 2.05) is 0 Å². The van der Waals surface area contributed by atoms with Gasteiger partial charge in [-0.3, -0.25) is 9.59 Å². The van der Waals surface area contributed by atoms with Crippen molar-refractivity contribution < 1.29 is 19.4 Å². The topological polar surface area (TPSA) is 75.6 Å². The fraction of sp³-hybridized carbons (Fsp3) is 0.429. The quantitative estimate of drug-likeness (QED) is 0.847. The number of hydrogen-bond acceptors (Lipinski definition) is 3. The van der Waals surface area contributed by atoms with Crippen molar-refractivity contribution in [3.8, 4) is 0 Å². The average molecular weight is 377 g/mol. The van der Waals surface area contributed by atoms with Crippen molar-refractivity contribution in [2.75, 3.05) is 19.8 Å². The first kappa shape index (κ1) is 16.3. The number of rotatable bonds is 4. The Balaban J connectivity index is 2.05. The molecule has 1 aliphatic heterocycles. The molecule has 0 unspecified atom stereocenters. The molecule has 21 heavy (non-hydrogen) atoms. The minimum Gasteiger partial charge on any atom is -0.481 e. The van der Waals surface area contributed by atoms with Crippen LogP contribution in [0.1, 0.15) is 23.2 Å². The van der Waals surface area contributed by atoms with Crippen LogP contribution < -0.4 is 5.32 Å². The zero-order valence-corrected chi connectivity index (χ0v) is 13.5. The number of carbonyl (C=O) groups excluding carboxylic acids is 1. The van der Waals surface area contributed by atoms with Gasteiger partial charge in [0.05, 0.1) is 10.4 Å². The molecule has 5 nitrogen and oxygen atoms in total. The van der Waals surface area contributed by atoms with Crippen molar-refractivity contribution >= 4 is 39.4 Å². The number of carboxylic acids is 1. The summed E-state index contributed by atoms with van der Waals surface area (Å²) >= 11 is 9.20. The third kappa shape index (κ3) is 3.75. The van der Waals surface area contributed by atoms with E-state index in [0.717, 1.165) is 0 Å². The van der Waals surface area contributed by atoms with Crippen LogP contribution in [0.15, 0.2) is 22.7 Å². The largest absolute Gasteiger partial charge is 0.481 e. The summed E-state index contributed by atoms with van der Waals surface area (Å²) in [5, 5.41) is 12.5. The van der Waals surface area contributed by atoms with Gasteiger partial charge in [0.15, 0.2) is 0 Å². The number of benzene rings is 1. The molecular weight excluding hydrogens is 362 g/mol. The van der Waals surface area contributed by atoms with Gasteiger partial charge in [-0.1, -0.05) is 11.6 Å². The predicted octanol–water partition coefficient (Wildman–Crippen LogP) is 2.71. The number of carboxylic acid groups (broad SMARTS) is 1. The Kier molecular flexibility index (Phi) is 5.24. The van der Waals surface area contributed by atoms with E-state index in [1.165, 1.54) is 0 Å². The molecule has 1 saturated heterocycles. The molecule has 0 aromatic heterocycles. The number of carbonyl (C=O) groups is 2. The molecule has 1 fully saturated rings. The number of nitrogens with one attached hydrogen (secondary N) is 1. The summed E-state index contributed by atoms with van der Waals surface area (Å²) in [5.74, 6) is -1.24. The molecule has 1 aromatic rings. The molecule has 0 atom stereocenters. The molecule has 0 aliphatic carbocycles. The van der Waals surface area contributed by atoms with E-state index >= 15 is 0 Å². The smallest absolute Gasteiger partial charge is 0.311 e. The van der Waals surface area contributed by atoms with Gasteiger partial charge in [-0.15, -0.1) is 0 Å². The van der Waals surface area contributed by atoms with Gasteiger partial charge < -0.3 is 15.2 Å². The molecule has 7 heteroatoms. The highest BCUT2D eigenvalue weighted by Crippen LogP contribution is 2.30. The zero-order chi connectivity index (χ0) is 15.5. The lowest BCUT2D eigenvalue weighted by atomic mass is 9.80. The van der Waals surface area contributed by atoms with Crippen molar-refractivity contribution in [1.29, 1.82) is 0 Å². The molecular formula is C14H15BrClNO4. The maximum absolute atomic E-state index is 12.1. The van der Waals surface area contributed by atoms with Crippen LogP contribution in [0.2, 0.25) is 5.02 Å². The van der Waals surface area contributed by atoms with Gasteiger partial charge in [-0.25, -0.2) is 0 Å². The summed E-state index contributed by atoms with van der Waals surface area (Å²) in [6.07, 6.45) is 0.785. The van der Waals surface area contributed by atoms with Gasteiger partial charge in [0.25, 0.3) is 5.91 Å². The molecule has 1 amide bonds. The Morgan fingerprint density at radius 1 is 1.38 bits per heavy atom. The Labute approximate surface area is 135 Å². The Hall–Kier alpha value is -1.11. The summed E-state index contributed by atoms with van der Waals surface area (Å²) in [5.41, 5.74) is -0.552. The Morgan fingerprint density at radius 2 is 2.05 bits per heavy atom. The minimum absolute atomic E-state index is 0.0816. The Bertz CT molecular complexity index is 558. The van der Waals surface area contributed by atoms with E-state index in [4.69, 9.17) is 16.3 Å². The molecule has 2 N–H and O–H groups in total. The first-order valence-electron chi connectivity index (χ1n) is 6.49. The summed E-state index contributed by atoms with van der Waals surface area (Å²) in [7, 11) is 0. The van der Waals surface area contributed by atoms with Crippen molar-refractivity contribution in [2.24, 2.45) is 5.41 Å². The van der Waals surface area contributed by atoms with Crippen molar-refractivity contribution in [2.45, 2.75) is 12.8 Å². The standard InChI is InChI=1S/C14H15BrClNO4/c15-10-2-1-9(7-11(10)16)12(18)17-8-14(13(19)20)3-5-21-6-4-14/h1-2,7H,3-6,8H2,(H,17,18)(H,19,20). The summed E-state index contributed by atoms with van der Waals surface area (Å²) in [6.45, 7) is 0.872. The SMILES string of the molecule is O=C(NCC1(C(=O)O)CCOCC1)c1ccc(Br)c(Cl)c1. The van der Waals surface area contributed by atoms with E-state index in [9.17, 15) is 14.7 Å². The van der Waals surface area contributed by atoms with E-state index in [1.54, 1.807) is 18.2 Å². The summed E-state index contributed by atoms with van der Waals surface area (Å²) in [4.78, 5) is 23.6. The number of ether oxygens (including phenoxy) is 1. The first-order chi connectivity index (χ1) is 9.94. The normalized spacial score (nSPS) is 17.2. The van der Waals surface area contributed by atoms with Crippen molar-refractivity contribution in [3.63, 3.8) is 0 Å². The minimum atomic E-state index is -0.951. The fourth-order valence-corrected chi connectivity index (χ4v) is 2.64. The van der Waals surface area contributed by atoms with E-state index in [2.05, 4.69) is 21.2 Å². The number of aliphatic carboxylic acids is 1. The maximum atomic E-state index is 12.1. The molecule has 0 radical (unpaired) electrons. The van der Waals surface area contributed by atoms with Crippen LogP contribution in [0, 0.1) is 5.41 Å². The van der Waals surface area contributed by atoms with Gasteiger partial charge in [-0.05, 0) is 47.0 Å². The molecule has 1 heterocycles. The lowest BCUT2D eigenvalue weighted by Gasteiger charge is -2.33. The monoisotopic (exact) mass is 375 g/mol. The second-order valence-corrected chi connectivity index (χ2v) is 6.27. The molecule has 0 spiro atoms. The van der Waals surface area contributed by atoms with Crippen LogP contribution >= 0.6 is 27.5 Å². The molecule has 1 aliphatic rings. The molecule has 0 bridgehead atoms. The second kappa shape index (κ2) is 6.77. The number of amides is 1. The molecule has 114 valence electrons. The number of halogens is 2. The zero-order valence-electron chi connectivity index (χ0n) is 11.2. The molecule has 1 aromatic carbocycles. The lowest BCUT2D eigenvalue weighted by molar-refractivity contribution is -0.154. The van der Waals surface area contributed by atoms with Crippen LogP contribution in [0.4, 0.5) is 0 Å². The van der Waals surface area contributed by atoms with Gasteiger partial charge in [0, 0.05) is 29.8 Å². The summed E-state index contributed by atoms with van der Waals surface area (Å²) in [6, 6.07) is 4.85. The van der Waals surface area contributed by atoms with Crippen LogP contribution in [0.5, 0.6) is 0 Å². The third-order valence-electron chi connectivity index (χ3n) is 3.67. The number of hydrogen-bond donors (Lipinski definition) is 2. The van der Waals surface area contributed by atoms with Gasteiger partial charge in [0.2, 0.25) is 0 Å². The molecule has 0 saturated carbocycles. The van der Waals surface area contributed by atoms with Crippen LogP contribution in [-0.2, 0) is 9.53 Å². The highest BCUT2D eigenvalue weighted by molar-refractivity contribution is 9.10. The lowest BCUT2D eigenvalue weighted by Crippen LogP contribution is -2.46. The Morgan fingerprint density at radius 3 is 2.62 bits per heavy atom.